The van der Waals surface area contributed by atoms with Gasteiger partial charge in [0.05, 0.1) is 24.1 Å². The molecule has 1 atom stereocenters. The van der Waals surface area contributed by atoms with Crippen molar-refractivity contribution in [2.24, 2.45) is 0 Å². The maximum absolute atomic E-state index is 13.7. The highest BCUT2D eigenvalue weighted by Gasteiger charge is 2.32. The predicted molar refractivity (Wildman–Crippen MR) is 152 cm³/mol. The van der Waals surface area contributed by atoms with Crippen LogP contribution in [0.25, 0.3) is 0 Å². The van der Waals surface area contributed by atoms with Crippen molar-refractivity contribution in [2.45, 2.75) is 57.7 Å². The number of hydrogen-bond acceptors (Lipinski definition) is 5. The number of ether oxygens (including phenoxy) is 1. The van der Waals surface area contributed by atoms with Gasteiger partial charge in [-0.1, -0.05) is 60.1 Å². The molecule has 1 fully saturated rings. The summed E-state index contributed by atoms with van der Waals surface area (Å²) in [6.45, 7) is 0.956. The summed E-state index contributed by atoms with van der Waals surface area (Å²) in [5.74, 6) is -0.574. The second kappa shape index (κ2) is 13.2. The lowest BCUT2D eigenvalue weighted by Gasteiger charge is -2.33. The molecule has 0 spiro atoms. The van der Waals surface area contributed by atoms with E-state index < -0.39 is 28.5 Å². The van der Waals surface area contributed by atoms with Crippen LogP contribution in [-0.2, 0) is 26.2 Å². The third-order valence-electron chi connectivity index (χ3n) is 6.61. The molecular weight excluding hydrogens is 573 g/mol. The summed E-state index contributed by atoms with van der Waals surface area (Å²) in [5.41, 5.74) is 0.640. The highest BCUT2D eigenvalue weighted by atomic mass is 35.5. The van der Waals surface area contributed by atoms with Gasteiger partial charge in [-0.15, -0.1) is 0 Å². The zero-order valence-corrected chi connectivity index (χ0v) is 24.6. The largest absolute Gasteiger partial charge is 0.495 e. The number of benzene rings is 2. The third kappa shape index (κ3) is 7.68. The smallest absolute Gasteiger partial charge is 0.244 e. The van der Waals surface area contributed by atoms with Crippen molar-refractivity contribution in [3.05, 3.63) is 57.0 Å². The summed E-state index contributed by atoms with van der Waals surface area (Å²) < 4.78 is 31.6. The van der Waals surface area contributed by atoms with Crippen LogP contribution in [0.4, 0.5) is 5.69 Å². The molecule has 208 valence electrons. The van der Waals surface area contributed by atoms with E-state index in [1.54, 1.807) is 25.1 Å². The Morgan fingerprint density at radius 3 is 2.24 bits per heavy atom. The number of halogens is 3. The predicted octanol–water partition coefficient (Wildman–Crippen LogP) is 5.29. The lowest BCUT2D eigenvalue weighted by Crippen LogP contribution is -2.53. The lowest BCUT2D eigenvalue weighted by molar-refractivity contribution is -0.139. The highest BCUT2D eigenvalue weighted by molar-refractivity contribution is 7.92. The van der Waals surface area contributed by atoms with Gasteiger partial charge in [0.25, 0.3) is 0 Å². The minimum Gasteiger partial charge on any atom is -0.495 e. The first-order valence-electron chi connectivity index (χ1n) is 12.3. The van der Waals surface area contributed by atoms with Crippen molar-refractivity contribution in [1.29, 1.82) is 0 Å². The fraction of sp³-hybridized carbons (Fsp3) is 0.462. The Kier molecular flexibility index (Phi) is 10.6. The normalized spacial score (nSPS) is 15.0. The van der Waals surface area contributed by atoms with Crippen LogP contribution in [0.3, 0.4) is 0 Å². The molecule has 1 aliphatic carbocycles. The van der Waals surface area contributed by atoms with Gasteiger partial charge in [0, 0.05) is 28.2 Å². The minimum atomic E-state index is -3.91. The second-order valence-electron chi connectivity index (χ2n) is 9.33. The van der Waals surface area contributed by atoms with Crippen LogP contribution in [0.2, 0.25) is 15.1 Å². The SMILES string of the molecule is COc1ccc(N(CC(=O)N(Cc2c(Cl)cccc2Cl)C(C)C(=O)NC2CCCCC2)S(C)(=O)=O)cc1Cl. The first-order valence-corrected chi connectivity index (χ1v) is 15.2. The first-order chi connectivity index (χ1) is 17.9. The van der Waals surface area contributed by atoms with Gasteiger partial charge < -0.3 is 15.0 Å². The number of hydrogen-bond donors (Lipinski definition) is 1. The van der Waals surface area contributed by atoms with E-state index in [9.17, 15) is 18.0 Å². The number of carbonyl (C=O) groups is 2. The van der Waals surface area contributed by atoms with Crippen molar-refractivity contribution in [1.82, 2.24) is 10.2 Å². The Balaban J connectivity index is 1.93. The molecule has 2 amide bonds. The van der Waals surface area contributed by atoms with Crippen LogP contribution >= 0.6 is 34.8 Å². The van der Waals surface area contributed by atoms with E-state index in [-0.39, 0.29) is 29.2 Å². The molecule has 1 unspecified atom stereocenters. The van der Waals surface area contributed by atoms with Gasteiger partial charge in [-0.25, -0.2) is 8.42 Å². The number of amides is 2. The standard InChI is InChI=1S/C26H32Cl3N3O5S/c1-17(26(34)30-18-8-5-4-6-9-18)31(15-20-21(27)10-7-11-22(20)28)25(33)16-32(38(3,35)36)19-12-13-24(37-2)23(29)14-19/h7,10-14,17-18H,4-6,8-9,15-16H2,1-3H3,(H,30,34). The Bertz CT molecular complexity index is 1250. The van der Waals surface area contributed by atoms with Crippen molar-refractivity contribution < 1.29 is 22.7 Å². The number of carbonyl (C=O) groups excluding carboxylic acids is 2. The maximum atomic E-state index is 13.7. The lowest BCUT2D eigenvalue weighted by atomic mass is 9.95. The number of rotatable bonds is 10. The van der Waals surface area contributed by atoms with Crippen molar-refractivity contribution in [3.63, 3.8) is 0 Å². The van der Waals surface area contributed by atoms with E-state index in [1.165, 1.54) is 30.2 Å². The highest BCUT2D eigenvalue weighted by Crippen LogP contribution is 2.31. The number of nitrogens with one attached hydrogen (secondary N) is 1. The molecular formula is C26H32Cl3N3O5S. The van der Waals surface area contributed by atoms with Gasteiger partial charge in [0.1, 0.15) is 18.3 Å². The average Bonchev–Trinajstić information content (AvgIpc) is 2.86. The van der Waals surface area contributed by atoms with Crippen molar-refractivity contribution >= 4 is 62.3 Å². The molecule has 12 heteroatoms. The molecule has 1 aliphatic rings. The quantitative estimate of drug-likeness (QED) is 0.398. The van der Waals surface area contributed by atoms with Crippen LogP contribution in [0.15, 0.2) is 36.4 Å². The zero-order valence-electron chi connectivity index (χ0n) is 21.5. The van der Waals surface area contributed by atoms with E-state index in [2.05, 4.69) is 5.32 Å². The molecule has 1 N–H and O–H groups in total. The molecule has 0 aromatic heterocycles. The monoisotopic (exact) mass is 603 g/mol. The summed E-state index contributed by atoms with van der Waals surface area (Å²) in [4.78, 5) is 28.3. The van der Waals surface area contributed by atoms with Gasteiger partial charge in [-0.3, -0.25) is 13.9 Å². The molecule has 2 aromatic carbocycles. The van der Waals surface area contributed by atoms with E-state index in [0.29, 0.717) is 21.4 Å². The van der Waals surface area contributed by atoms with Gasteiger partial charge in [0.2, 0.25) is 21.8 Å². The molecule has 0 bridgehead atoms. The molecule has 3 rings (SSSR count). The second-order valence-corrected chi connectivity index (χ2v) is 12.5. The molecule has 0 radical (unpaired) electrons. The summed E-state index contributed by atoms with van der Waals surface area (Å²) in [7, 11) is -2.47. The molecule has 0 aliphatic heterocycles. The summed E-state index contributed by atoms with van der Waals surface area (Å²) >= 11 is 19.0. The molecule has 2 aromatic rings. The summed E-state index contributed by atoms with van der Waals surface area (Å²) in [6.07, 6.45) is 5.95. The molecule has 0 saturated heterocycles. The summed E-state index contributed by atoms with van der Waals surface area (Å²) in [6, 6.07) is 8.49. The Morgan fingerprint density at radius 1 is 1.05 bits per heavy atom. The molecule has 8 nitrogen and oxygen atoms in total. The van der Waals surface area contributed by atoms with E-state index >= 15 is 0 Å². The number of anilines is 1. The van der Waals surface area contributed by atoms with Crippen LogP contribution < -0.4 is 14.4 Å². The van der Waals surface area contributed by atoms with Gasteiger partial charge >= 0.3 is 0 Å². The molecule has 38 heavy (non-hydrogen) atoms. The third-order valence-corrected chi connectivity index (χ3v) is 8.76. The van der Waals surface area contributed by atoms with E-state index in [4.69, 9.17) is 39.5 Å². The molecule has 0 heterocycles. The Labute approximate surface area is 239 Å². The topological polar surface area (TPSA) is 96.0 Å². The minimum absolute atomic E-state index is 0.0357. The van der Waals surface area contributed by atoms with Crippen LogP contribution in [0.1, 0.15) is 44.6 Å². The van der Waals surface area contributed by atoms with E-state index in [0.717, 1.165) is 42.7 Å². The van der Waals surface area contributed by atoms with Crippen LogP contribution in [-0.4, -0.2) is 57.1 Å². The van der Waals surface area contributed by atoms with Gasteiger partial charge in [-0.05, 0) is 50.1 Å². The summed E-state index contributed by atoms with van der Waals surface area (Å²) in [5, 5.41) is 3.89. The maximum Gasteiger partial charge on any atom is 0.244 e. The van der Waals surface area contributed by atoms with Gasteiger partial charge in [0.15, 0.2) is 0 Å². The fourth-order valence-corrected chi connectivity index (χ4v) is 6.04. The van der Waals surface area contributed by atoms with Crippen LogP contribution in [0.5, 0.6) is 5.75 Å². The number of methoxy groups -OCH3 is 1. The zero-order chi connectivity index (χ0) is 28.0. The van der Waals surface area contributed by atoms with Crippen molar-refractivity contribution in [3.8, 4) is 5.75 Å². The van der Waals surface area contributed by atoms with E-state index in [1.807, 2.05) is 0 Å². The van der Waals surface area contributed by atoms with Crippen molar-refractivity contribution in [2.75, 3.05) is 24.2 Å². The Morgan fingerprint density at radius 2 is 1.68 bits per heavy atom. The number of sulfonamides is 1. The average molecular weight is 605 g/mol. The Hall–Kier alpha value is -2.20. The van der Waals surface area contributed by atoms with Gasteiger partial charge in [-0.2, -0.15) is 0 Å². The fourth-order valence-electron chi connectivity index (χ4n) is 4.43. The number of nitrogens with zero attached hydrogens (tertiary/aromatic N) is 2. The first kappa shape index (κ1) is 30.3. The van der Waals surface area contributed by atoms with Crippen LogP contribution in [0, 0.1) is 0 Å². The molecule has 1 saturated carbocycles.